The zero-order chi connectivity index (χ0) is 16.5. The van der Waals surface area contributed by atoms with E-state index in [1.54, 1.807) is 23.0 Å². The summed E-state index contributed by atoms with van der Waals surface area (Å²) in [7, 11) is 0. The highest BCUT2D eigenvalue weighted by molar-refractivity contribution is 5.88. The first kappa shape index (κ1) is 14.9. The second-order valence-electron chi connectivity index (χ2n) is 6.38. The fourth-order valence-electron chi connectivity index (χ4n) is 3.41. The zero-order valence-corrected chi connectivity index (χ0v) is 13.7. The van der Waals surface area contributed by atoms with Gasteiger partial charge in [0.2, 0.25) is 0 Å². The predicted molar refractivity (Wildman–Crippen MR) is 92.1 cm³/mol. The van der Waals surface area contributed by atoms with Crippen LogP contribution >= 0.6 is 0 Å². The molecule has 0 amide bonds. The summed E-state index contributed by atoms with van der Waals surface area (Å²) in [4.78, 5) is 16.6. The molecule has 0 saturated heterocycles. The summed E-state index contributed by atoms with van der Waals surface area (Å²) in [5, 5.41) is 0. The minimum atomic E-state index is -0.330. The number of carbonyl (C=O) groups excluding carboxylic acids is 1. The maximum atomic E-state index is 12.6. The number of ether oxygens (including phenoxy) is 1. The molecule has 2 aromatic heterocycles. The number of nitrogens with zero attached hydrogens (tertiary/aromatic N) is 2. The number of benzene rings is 1. The molecule has 1 unspecified atom stereocenters. The quantitative estimate of drug-likeness (QED) is 0.682. The maximum Gasteiger partial charge on any atom is 0.355 e. The van der Waals surface area contributed by atoms with E-state index in [-0.39, 0.29) is 12.1 Å². The van der Waals surface area contributed by atoms with Gasteiger partial charge >= 0.3 is 5.97 Å². The fourth-order valence-corrected chi connectivity index (χ4v) is 3.41. The van der Waals surface area contributed by atoms with Crippen molar-refractivity contribution in [3.8, 4) is 0 Å². The molecule has 0 radical (unpaired) electrons. The summed E-state index contributed by atoms with van der Waals surface area (Å²) < 4.78 is 7.46. The van der Waals surface area contributed by atoms with Crippen molar-refractivity contribution in [3.05, 3.63) is 71.3 Å². The molecule has 0 bridgehead atoms. The average Bonchev–Trinajstić information content (AvgIpc) is 3.09. The summed E-state index contributed by atoms with van der Waals surface area (Å²) >= 11 is 0. The van der Waals surface area contributed by atoms with Crippen LogP contribution < -0.4 is 0 Å². The van der Waals surface area contributed by atoms with Crippen LogP contribution in [0, 0.1) is 0 Å². The smallest absolute Gasteiger partial charge is 0.355 e. The molecule has 4 heteroatoms. The lowest BCUT2D eigenvalue weighted by atomic mass is 9.89. The minimum absolute atomic E-state index is 0.275. The van der Waals surface area contributed by atoms with Gasteiger partial charge in [0, 0.05) is 0 Å². The molecular weight excluding hydrogens is 300 g/mol. The molecule has 24 heavy (non-hydrogen) atoms. The van der Waals surface area contributed by atoms with Gasteiger partial charge in [0.25, 0.3) is 0 Å². The van der Waals surface area contributed by atoms with Crippen LogP contribution in [0.2, 0.25) is 0 Å². The Morgan fingerprint density at radius 1 is 1.17 bits per heavy atom. The van der Waals surface area contributed by atoms with Crippen LogP contribution in [-0.4, -0.2) is 15.4 Å². The molecule has 0 aliphatic heterocycles. The van der Waals surface area contributed by atoms with Crippen molar-refractivity contribution >= 4 is 11.5 Å². The first-order valence-corrected chi connectivity index (χ1v) is 8.46. The molecule has 1 aromatic carbocycles. The normalized spacial score (nSPS) is 15.0. The van der Waals surface area contributed by atoms with Crippen molar-refractivity contribution in [3.63, 3.8) is 0 Å². The van der Waals surface area contributed by atoms with Crippen molar-refractivity contribution in [1.82, 2.24) is 9.38 Å². The van der Waals surface area contributed by atoms with Crippen molar-refractivity contribution in [2.24, 2.45) is 0 Å². The Labute approximate surface area is 141 Å². The lowest BCUT2D eigenvalue weighted by molar-refractivity contribution is 0.0329. The van der Waals surface area contributed by atoms with E-state index in [1.807, 2.05) is 19.1 Å². The largest absolute Gasteiger partial charge is 0.453 e. The topological polar surface area (TPSA) is 43.6 Å². The third-order valence-electron chi connectivity index (χ3n) is 4.78. The van der Waals surface area contributed by atoms with Crippen LogP contribution in [0.25, 0.3) is 5.52 Å². The number of hydrogen-bond donors (Lipinski definition) is 0. The molecule has 0 saturated carbocycles. The summed E-state index contributed by atoms with van der Waals surface area (Å²) in [6.07, 6.45) is 7.88. The van der Waals surface area contributed by atoms with Crippen LogP contribution in [0.1, 0.15) is 53.0 Å². The number of hydrogen-bond acceptors (Lipinski definition) is 3. The van der Waals surface area contributed by atoms with Gasteiger partial charge in [-0.05, 0) is 61.4 Å². The van der Waals surface area contributed by atoms with Crippen molar-refractivity contribution in [2.45, 2.75) is 38.7 Å². The van der Waals surface area contributed by atoms with Crippen LogP contribution in [0.4, 0.5) is 0 Å². The molecule has 122 valence electrons. The molecule has 1 atom stereocenters. The van der Waals surface area contributed by atoms with Gasteiger partial charge < -0.3 is 4.74 Å². The van der Waals surface area contributed by atoms with Gasteiger partial charge in [-0.15, -0.1) is 0 Å². The minimum Gasteiger partial charge on any atom is -0.453 e. The third kappa shape index (κ3) is 2.68. The number of carbonyl (C=O) groups is 1. The molecule has 1 aliphatic rings. The summed E-state index contributed by atoms with van der Waals surface area (Å²) in [5.41, 5.74) is 5.27. The Balaban J connectivity index is 1.56. The van der Waals surface area contributed by atoms with E-state index in [4.69, 9.17) is 4.74 Å². The monoisotopic (exact) mass is 320 g/mol. The van der Waals surface area contributed by atoms with Crippen LogP contribution in [-0.2, 0) is 17.6 Å². The first-order chi connectivity index (χ1) is 11.7. The molecule has 1 aliphatic carbocycles. The fraction of sp³-hybridized carbons (Fsp3) is 0.300. The molecule has 0 N–H and O–H groups in total. The lowest BCUT2D eigenvalue weighted by Gasteiger charge is -2.19. The highest BCUT2D eigenvalue weighted by atomic mass is 16.5. The van der Waals surface area contributed by atoms with Crippen molar-refractivity contribution in [1.29, 1.82) is 0 Å². The number of aromatic nitrogens is 2. The SMILES string of the molecule is CC(OC(=O)c1cccc2cncn12)c1ccc2c(c1)CCCC2. The Bertz CT molecular complexity index is 898. The van der Waals surface area contributed by atoms with Gasteiger partial charge in [-0.2, -0.15) is 0 Å². The summed E-state index contributed by atoms with van der Waals surface area (Å²) in [5.74, 6) is -0.330. The van der Waals surface area contributed by atoms with Gasteiger partial charge in [0.05, 0.1) is 18.0 Å². The highest BCUT2D eigenvalue weighted by Gasteiger charge is 2.18. The average molecular weight is 320 g/mol. The van der Waals surface area contributed by atoms with E-state index in [2.05, 4.69) is 23.2 Å². The Morgan fingerprint density at radius 3 is 2.88 bits per heavy atom. The van der Waals surface area contributed by atoms with E-state index in [0.29, 0.717) is 5.69 Å². The lowest BCUT2D eigenvalue weighted by Crippen LogP contribution is -2.13. The Kier molecular flexibility index (Phi) is 3.81. The van der Waals surface area contributed by atoms with Crippen LogP contribution in [0.5, 0.6) is 0 Å². The van der Waals surface area contributed by atoms with Crippen molar-refractivity contribution < 1.29 is 9.53 Å². The van der Waals surface area contributed by atoms with E-state index >= 15 is 0 Å². The number of pyridine rings is 1. The van der Waals surface area contributed by atoms with Gasteiger partial charge in [-0.3, -0.25) is 4.40 Å². The number of fused-ring (bicyclic) bond motifs is 2. The maximum absolute atomic E-state index is 12.6. The molecule has 4 nitrogen and oxygen atoms in total. The number of esters is 1. The Hall–Kier alpha value is -2.62. The molecule has 2 heterocycles. The molecule has 3 aromatic rings. The summed E-state index contributed by atoms with van der Waals surface area (Å²) in [6.45, 7) is 1.93. The van der Waals surface area contributed by atoms with E-state index in [0.717, 1.165) is 23.9 Å². The van der Waals surface area contributed by atoms with Crippen molar-refractivity contribution in [2.75, 3.05) is 0 Å². The molecular formula is C20H20N2O2. The van der Waals surface area contributed by atoms with Gasteiger partial charge in [-0.25, -0.2) is 9.78 Å². The second kappa shape index (κ2) is 6.11. The number of imidazole rings is 1. The van der Waals surface area contributed by atoms with Gasteiger partial charge in [0.1, 0.15) is 11.8 Å². The standard InChI is InChI=1S/C20H20N2O2/c1-14(16-10-9-15-5-2-3-6-17(15)11-16)24-20(23)19-8-4-7-18-12-21-13-22(18)19/h4,7-14H,2-3,5-6H2,1H3. The molecule has 0 fully saturated rings. The zero-order valence-electron chi connectivity index (χ0n) is 13.7. The van der Waals surface area contributed by atoms with E-state index in [9.17, 15) is 4.79 Å². The number of rotatable bonds is 3. The van der Waals surface area contributed by atoms with Gasteiger partial charge in [0.15, 0.2) is 0 Å². The summed E-state index contributed by atoms with van der Waals surface area (Å²) in [6, 6.07) is 12.0. The highest BCUT2D eigenvalue weighted by Crippen LogP contribution is 2.26. The van der Waals surface area contributed by atoms with E-state index in [1.165, 1.54) is 24.0 Å². The second-order valence-corrected chi connectivity index (χ2v) is 6.38. The van der Waals surface area contributed by atoms with Gasteiger partial charge in [-0.1, -0.05) is 24.3 Å². The third-order valence-corrected chi connectivity index (χ3v) is 4.78. The van der Waals surface area contributed by atoms with Crippen LogP contribution in [0.15, 0.2) is 48.9 Å². The van der Waals surface area contributed by atoms with Crippen LogP contribution in [0.3, 0.4) is 0 Å². The first-order valence-electron chi connectivity index (χ1n) is 8.46. The number of aryl methyl sites for hydroxylation is 2. The molecule has 0 spiro atoms. The van der Waals surface area contributed by atoms with E-state index < -0.39 is 0 Å². The molecule has 4 rings (SSSR count). The Morgan fingerprint density at radius 2 is 2.00 bits per heavy atom. The predicted octanol–water partition coefficient (Wildman–Crippen LogP) is 4.13.